The Morgan fingerprint density at radius 3 is 2.46 bits per heavy atom. The summed E-state index contributed by atoms with van der Waals surface area (Å²) in [5, 5.41) is 0. The average molecular weight is 174 g/mol. The summed E-state index contributed by atoms with van der Waals surface area (Å²) in [6, 6.07) is 9.95. The summed E-state index contributed by atoms with van der Waals surface area (Å²) in [7, 11) is 0. The molecule has 1 rings (SSSR count). The van der Waals surface area contributed by atoms with E-state index >= 15 is 0 Å². The molecular formula is C12H14O. The van der Waals surface area contributed by atoms with Gasteiger partial charge in [0.2, 0.25) is 0 Å². The number of hydrogen-bond acceptors (Lipinski definition) is 1. The van der Waals surface area contributed by atoms with Crippen molar-refractivity contribution in [3.63, 3.8) is 0 Å². The maximum absolute atomic E-state index is 10.5. The number of allylic oxidation sites excluding steroid dienone is 1. The first-order chi connectivity index (χ1) is 6.23. The topological polar surface area (TPSA) is 17.1 Å². The molecule has 0 spiro atoms. The fourth-order valence-corrected chi connectivity index (χ4v) is 1.31. The summed E-state index contributed by atoms with van der Waals surface area (Å²) in [5.74, 6) is 0. The highest BCUT2D eigenvalue weighted by molar-refractivity contribution is 5.54. The van der Waals surface area contributed by atoms with Crippen LogP contribution in [-0.4, -0.2) is 6.29 Å². The van der Waals surface area contributed by atoms with Gasteiger partial charge in [0.1, 0.15) is 6.29 Å². The molecule has 1 atom stereocenters. The number of rotatable bonds is 4. The van der Waals surface area contributed by atoms with Crippen LogP contribution in [0.25, 0.3) is 0 Å². The SMILES string of the molecule is C=C[C@@](C)(CC=O)c1ccccc1. The Kier molecular flexibility index (Phi) is 3.02. The zero-order chi connectivity index (χ0) is 9.73. The molecule has 0 saturated heterocycles. The van der Waals surface area contributed by atoms with E-state index in [1.54, 1.807) is 0 Å². The molecule has 13 heavy (non-hydrogen) atoms. The van der Waals surface area contributed by atoms with Gasteiger partial charge in [0.15, 0.2) is 0 Å². The van der Waals surface area contributed by atoms with E-state index in [1.165, 1.54) is 0 Å². The molecule has 0 bridgehead atoms. The van der Waals surface area contributed by atoms with Gasteiger partial charge in [-0.3, -0.25) is 0 Å². The summed E-state index contributed by atoms with van der Waals surface area (Å²) in [4.78, 5) is 10.5. The molecule has 0 unspecified atom stereocenters. The standard InChI is InChI=1S/C12H14O/c1-3-12(2,9-10-13)11-7-5-4-6-8-11/h3-8,10H,1,9H2,2H3/t12-/m0/s1. The molecule has 0 fully saturated rings. The molecule has 0 aliphatic heterocycles. The number of benzene rings is 1. The monoisotopic (exact) mass is 174 g/mol. The number of carbonyl (C=O) groups is 1. The van der Waals surface area contributed by atoms with Gasteiger partial charge in [0.05, 0.1) is 0 Å². The van der Waals surface area contributed by atoms with Crippen molar-refractivity contribution in [2.75, 3.05) is 0 Å². The predicted molar refractivity (Wildman–Crippen MR) is 54.7 cm³/mol. The summed E-state index contributed by atoms with van der Waals surface area (Å²) >= 11 is 0. The minimum absolute atomic E-state index is 0.219. The Balaban J connectivity index is 3.02. The van der Waals surface area contributed by atoms with Crippen LogP contribution in [0.2, 0.25) is 0 Å². The van der Waals surface area contributed by atoms with Gasteiger partial charge in [-0.05, 0) is 5.56 Å². The van der Waals surface area contributed by atoms with E-state index < -0.39 is 0 Å². The lowest BCUT2D eigenvalue weighted by molar-refractivity contribution is -0.108. The zero-order valence-corrected chi connectivity index (χ0v) is 7.86. The minimum atomic E-state index is -0.219. The molecule has 0 N–H and O–H groups in total. The van der Waals surface area contributed by atoms with Crippen LogP contribution in [0.1, 0.15) is 18.9 Å². The van der Waals surface area contributed by atoms with Gasteiger partial charge in [0, 0.05) is 11.8 Å². The summed E-state index contributed by atoms with van der Waals surface area (Å²) in [5.41, 5.74) is 0.917. The number of aldehydes is 1. The first-order valence-corrected chi connectivity index (χ1v) is 4.36. The predicted octanol–water partition coefficient (Wildman–Crippen LogP) is 2.72. The fourth-order valence-electron chi connectivity index (χ4n) is 1.31. The maximum atomic E-state index is 10.5. The lowest BCUT2D eigenvalue weighted by atomic mass is 9.80. The smallest absolute Gasteiger partial charge is 0.121 e. The quantitative estimate of drug-likeness (QED) is 0.506. The third kappa shape index (κ3) is 2.05. The lowest BCUT2D eigenvalue weighted by Gasteiger charge is -2.23. The summed E-state index contributed by atoms with van der Waals surface area (Å²) < 4.78 is 0. The molecule has 0 heterocycles. The second-order valence-electron chi connectivity index (χ2n) is 3.36. The molecule has 68 valence electrons. The molecule has 1 nitrogen and oxygen atoms in total. The highest BCUT2D eigenvalue weighted by Gasteiger charge is 2.21. The molecular weight excluding hydrogens is 160 g/mol. The van der Waals surface area contributed by atoms with Crippen molar-refractivity contribution in [2.45, 2.75) is 18.8 Å². The molecule has 0 amide bonds. The lowest BCUT2D eigenvalue weighted by Crippen LogP contribution is -2.18. The van der Waals surface area contributed by atoms with Crippen molar-refractivity contribution in [3.05, 3.63) is 48.6 Å². The Labute approximate surface area is 79.1 Å². The van der Waals surface area contributed by atoms with Crippen LogP contribution in [0.15, 0.2) is 43.0 Å². The van der Waals surface area contributed by atoms with Crippen LogP contribution in [0.5, 0.6) is 0 Å². The highest BCUT2D eigenvalue weighted by Crippen LogP contribution is 2.27. The van der Waals surface area contributed by atoms with E-state index in [4.69, 9.17) is 0 Å². The van der Waals surface area contributed by atoms with E-state index in [2.05, 4.69) is 6.58 Å². The van der Waals surface area contributed by atoms with Gasteiger partial charge in [-0.1, -0.05) is 43.3 Å². The van der Waals surface area contributed by atoms with Gasteiger partial charge < -0.3 is 4.79 Å². The van der Waals surface area contributed by atoms with Crippen LogP contribution in [0.3, 0.4) is 0 Å². The normalized spacial score (nSPS) is 14.5. The summed E-state index contributed by atoms with van der Waals surface area (Å²) in [6.45, 7) is 5.79. The Hall–Kier alpha value is -1.37. The molecule has 0 aliphatic carbocycles. The van der Waals surface area contributed by atoms with Crippen LogP contribution in [0, 0.1) is 0 Å². The van der Waals surface area contributed by atoms with Gasteiger partial charge in [-0.15, -0.1) is 6.58 Å². The first kappa shape index (κ1) is 9.72. The van der Waals surface area contributed by atoms with Crippen LogP contribution < -0.4 is 0 Å². The average Bonchev–Trinajstić information content (AvgIpc) is 2.19. The minimum Gasteiger partial charge on any atom is -0.303 e. The second-order valence-corrected chi connectivity index (χ2v) is 3.36. The van der Waals surface area contributed by atoms with Gasteiger partial charge >= 0.3 is 0 Å². The Bertz CT molecular complexity index is 289. The molecule has 0 aliphatic rings. The third-order valence-corrected chi connectivity index (χ3v) is 2.39. The van der Waals surface area contributed by atoms with Crippen molar-refractivity contribution in [2.24, 2.45) is 0 Å². The first-order valence-electron chi connectivity index (χ1n) is 4.36. The van der Waals surface area contributed by atoms with Crippen molar-refractivity contribution in [3.8, 4) is 0 Å². The largest absolute Gasteiger partial charge is 0.303 e. The molecule has 1 aromatic rings. The van der Waals surface area contributed by atoms with Crippen molar-refractivity contribution in [1.29, 1.82) is 0 Å². The Morgan fingerprint density at radius 2 is 2.00 bits per heavy atom. The van der Waals surface area contributed by atoms with E-state index in [1.807, 2.05) is 43.3 Å². The van der Waals surface area contributed by atoms with Gasteiger partial charge in [-0.25, -0.2) is 0 Å². The van der Waals surface area contributed by atoms with E-state index in [-0.39, 0.29) is 5.41 Å². The molecule has 0 saturated carbocycles. The Morgan fingerprint density at radius 1 is 1.38 bits per heavy atom. The fraction of sp³-hybridized carbons (Fsp3) is 0.250. The van der Waals surface area contributed by atoms with E-state index in [0.29, 0.717) is 6.42 Å². The zero-order valence-electron chi connectivity index (χ0n) is 7.86. The highest BCUT2D eigenvalue weighted by atomic mass is 16.1. The van der Waals surface area contributed by atoms with E-state index in [9.17, 15) is 4.79 Å². The molecule has 1 aromatic carbocycles. The van der Waals surface area contributed by atoms with Crippen molar-refractivity contribution in [1.82, 2.24) is 0 Å². The van der Waals surface area contributed by atoms with E-state index in [0.717, 1.165) is 11.8 Å². The number of hydrogen-bond donors (Lipinski definition) is 0. The van der Waals surface area contributed by atoms with Gasteiger partial charge in [0.25, 0.3) is 0 Å². The number of carbonyl (C=O) groups excluding carboxylic acids is 1. The summed E-state index contributed by atoms with van der Waals surface area (Å²) in [6.07, 6.45) is 3.26. The molecule has 0 radical (unpaired) electrons. The molecule has 0 aromatic heterocycles. The second kappa shape index (κ2) is 4.04. The van der Waals surface area contributed by atoms with Gasteiger partial charge in [-0.2, -0.15) is 0 Å². The van der Waals surface area contributed by atoms with Crippen molar-refractivity contribution < 1.29 is 4.79 Å². The molecule has 1 heteroatoms. The van der Waals surface area contributed by atoms with Crippen molar-refractivity contribution >= 4 is 6.29 Å². The third-order valence-electron chi connectivity index (χ3n) is 2.39. The van der Waals surface area contributed by atoms with Crippen LogP contribution in [0.4, 0.5) is 0 Å². The maximum Gasteiger partial charge on any atom is 0.121 e. The van der Waals surface area contributed by atoms with Crippen LogP contribution >= 0.6 is 0 Å². The van der Waals surface area contributed by atoms with Crippen LogP contribution in [-0.2, 0) is 10.2 Å².